The topological polar surface area (TPSA) is 305 Å². The summed E-state index contributed by atoms with van der Waals surface area (Å²) >= 11 is 0. The lowest BCUT2D eigenvalue weighted by molar-refractivity contribution is -0.171. The molecule has 0 bridgehead atoms. The van der Waals surface area contributed by atoms with Crippen molar-refractivity contribution in [2.24, 2.45) is 0 Å². The van der Waals surface area contributed by atoms with Crippen LogP contribution in [0, 0.1) is 0 Å². The highest BCUT2D eigenvalue weighted by molar-refractivity contribution is 5.90. The SMILES string of the molecule is CC1(C)O[C@@H](CNC(=O)OCC2c3ccccc3-c3ccccc32)[C@@H](CNC(=O)[C@@H]2OC(C)(C)O[C@@H]2C(=O)OCc2ccccc2)O1.O=C(NC[C@H](O)[C@H](O)CNC(=O)[C@H](O)[C@H](O)C(=O)OCc1ccccc1)OCC1c2ccccc2-c2ccccc21. The lowest BCUT2D eigenvalue weighted by Crippen LogP contribution is -2.50. The standard InChI is InChI=1S/C36H40N2O9.C30H32N2O9/c1-35(2)44-28(18-37-32(39)30-31(47-36(3,4)46-30)33(40)42-20-22-12-6-5-7-13-22)29(45-35)19-38-34(41)43-21-27-25-16-10-8-14-23(25)24-15-9-11-17-26(24)27;33-24(14-31-28(37)26(35)27(36)29(38)40-16-18-8-2-1-3-9-18)25(34)15-32-30(39)41-17-23-21-12-6-4-10-19(21)20-11-5-7-13-22(20)23/h5-17,27-31H,18-21H2,1-4H3,(H,37,39)(H,38,41);1-13,23-27,33-36H,14-17H2,(H,31,37)(H,32,39)/t28-,29+,30-,31+;24-,25+,26-,27+/m11/s1. The minimum atomic E-state index is -2.17. The number of ether oxygens (including phenoxy) is 8. The van der Waals surface area contributed by atoms with Crippen LogP contribution in [0.5, 0.6) is 0 Å². The van der Waals surface area contributed by atoms with E-state index in [2.05, 4.69) is 45.5 Å². The first-order valence-corrected chi connectivity index (χ1v) is 28.8. The predicted octanol–water partition coefficient (Wildman–Crippen LogP) is 5.25. The van der Waals surface area contributed by atoms with Crippen molar-refractivity contribution in [2.75, 3.05) is 39.4 Å². The highest BCUT2D eigenvalue weighted by Gasteiger charge is 2.51. The number of alkyl carbamates (subject to hydrolysis) is 2. The van der Waals surface area contributed by atoms with E-state index in [1.54, 1.807) is 58.0 Å². The fraction of sp³-hybridized carbons (Fsp3) is 0.364. The number of benzene rings is 6. The first-order chi connectivity index (χ1) is 42.3. The van der Waals surface area contributed by atoms with E-state index >= 15 is 0 Å². The van der Waals surface area contributed by atoms with Gasteiger partial charge in [-0.25, -0.2) is 19.2 Å². The molecule has 4 amide bonds. The van der Waals surface area contributed by atoms with Crippen molar-refractivity contribution < 1.29 is 87.1 Å². The lowest BCUT2D eigenvalue weighted by Gasteiger charge is -2.21. The van der Waals surface area contributed by atoms with E-state index in [4.69, 9.17) is 37.9 Å². The number of hydrogen-bond acceptors (Lipinski definition) is 18. The van der Waals surface area contributed by atoms with Gasteiger partial charge in [0.25, 0.3) is 11.8 Å². The van der Waals surface area contributed by atoms with Crippen molar-refractivity contribution in [3.63, 3.8) is 0 Å². The maximum Gasteiger partial charge on any atom is 0.407 e. The molecule has 2 heterocycles. The van der Waals surface area contributed by atoms with Crippen LogP contribution in [0.4, 0.5) is 9.59 Å². The van der Waals surface area contributed by atoms with Crippen LogP contribution in [-0.4, -0.2) is 156 Å². The number of hydrogen-bond donors (Lipinski definition) is 8. The van der Waals surface area contributed by atoms with Gasteiger partial charge in [0.1, 0.15) is 38.6 Å². The highest BCUT2D eigenvalue weighted by Crippen LogP contribution is 2.46. The largest absolute Gasteiger partial charge is 0.459 e. The Labute approximate surface area is 508 Å². The van der Waals surface area contributed by atoms with E-state index in [0.29, 0.717) is 5.56 Å². The summed E-state index contributed by atoms with van der Waals surface area (Å²) in [5, 5.41) is 50.3. The molecule has 2 aliphatic heterocycles. The van der Waals surface area contributed by atoms with Gasteiger partial charge in [0.2, 0.25) is 0 Å². The quantitative estimate of drug-likeness (QED) is 0.0318. The third-order valence-electron chi connectivity index (χ3n) is 15.1. The van der Waals surface area contributed by atoms with Crippen LogP contribution < -0.4 is 21.3 Å². The normalized spacial score (nSPS) is 19.7. The van der Waals surface area contributed by atoms with E-state index in [-0.39, 0.29) is 57.9 Å². The predicted molar refractivity (Wildman–Crippen MR) is 316 cm³/mol. The Bertz CT molecular complexity index is 3310. The van der Waals surface area contributed by atoms with Crippen molar-refractivity contribution in [1.82, 2.24) is 21.3 Å². The summed E-state index contributed by atoms with van der Waals surface area (Å²) in [4.78, 5) is 75.4. The van der Waals surface area contributed by atoms with Crippen LogP contribution in [0.1, 0.15) is 72.9 Å². The molecule has 4 aliphatic rings. The molecular formula is C66H72N4O18. The molecule has 8 atom stereocenters. The fourth-order valence-corrected chi connectivity index (χ4v) is 10.8. The molecule has 6 aromatic rings. The van der Waals surface area contributed by atoms with Gasteiger partial charge in [0, 0.05) is 38.0 Å². The van der Waals surface area contributed by atoms with E-state index in [9.17, 15) is 49.2 Å². The zero-order valence-corrected chi connectivity index (χ0v) is 48.9. The molecule has 10 rings (SSSR count). The fourth-order valence-electron chi connectivity index (χ4n) is 10.8. The number of rotatable bonds is 22. The van der Waals surface area contributed by atoms with E-state index in [0.717, 1.165) is 50.1 Å². The number of carbonyl (C=O) groups is 6. The molecule has 464 valence electrons. The van der Waals surface area contributed by atoms with Crippen LogP contribution in [0.3, 0.4) is 0 Å². The van der Waals surface area contributed by atoms with Gasteiger partial charge in [-0.2, -0.15) is 0 Å². The van der Waals surface area contributed by atoms with E-state index < -0.39 is 103 Å². The van der Waals surface area contributed by atoms with Crippen LogP contribution in [0.2, 0.25) is 0 Å². The van der Waals surface area contributed by atoms with Crippen molar-refractivity contribution in [2.45, 2.75) is 113 Å². The summed E-state index contributed by atoms with van der Waals surface area (Å²) in [7, 11) is 0. The molecule has 88 heavy (non-hydrogen) atoms. The van der Waals surface area contributed by atoms with Crippen LogP contribution in [0.15, 0.2) is 158 Å². The van der Waals surface area contributed by atoms with Crippen LogP contribution in [-0.2, 0) is 70.3 Å². The van der Waals surface area contributed by atoms with Gasteiger partial charge in [0.15, 0.2) is 36.0 Å². The van der Waals surface area contributed by atoms with Gasteiger partial charge >= 0.3 is 24.1 Å². The minimum Gasteiger partial charge on any atom is -0.459 e. The summed E-state index contributed by atoms with van der Waals surface area (Å²) in [5.41, 5.74) is 10.3. The second-order valence-electron chi connectivity index (χ2n) is 22.3. The monoisotopic (exact) mass is 1210 g/mol. The zero-order valence-electron chi connectivity index (χ0n) is 48.9. The second-order valence-corrected chi connectivity index (χ2v) is 22.3. The molecule has 0 saturated carbocycles. The van der Waals surface area contributed by atoms with Gasteiger partial charge in [-0.3, -0.25) is 9.59 Å². The van der Waals surface area contributed by atoms with Crippen LogP contribution in [0.25, 0.3) is 22.3 Å². The van der Waals surface area contributed by atoms with Crippen molar-refractivity contribution >= 4 is 35.9 Å². The zero-order chi connectivity index (χ0) is 62.5. The van der Waals surface area contributed by atoms with Crippen molar-refractivity contribution in [1.29, 1.82) is 0 Å². The highest BCUT2D eigenvalue weighted by atomic mass is 16.8. The summed E-state index contributed by atoms with van der Waals surface area (Å²) in [5.74, 6) is -5.97. The van der Waals surface area contributed by atoms with Gasteiger partial charge in [-0.05, 0) is 83.3 Å². The van der Waals surface area contributed by atoms with Crippen molar-refractivity contribution in [3.8, 4) is 22.3 Å². The lowest BCUT2D eigenvalue weighted by atomic mass is 9.98. The molecule has 2 fully saturated rings. The van der Waals surface area contributed by atoms with E-state index in [1.165, 1.54) is 0 Å². The van der Waals surface area contributed by atoms with Gasteiger partial charge in [0.05, 0.1) is 12.2 Å². The van der Waals surface area contributed by atoms with Crippen molar-refractivity contribution in [3.05, 3.63) is 191 Å². The minimum absolute atomic E-state index is 0.0331. The van der Waals surface area contributed by atoms with Gasteiger partial charge < -0.3 is 79.6 Å². The summed E-state index contributed by atoms with van der Waals surface area (Å²) in [6.07, 6.45) is -12.4. The molecule has 0 radical (unpaired) electrons. The number of aliphatic hydroxyl groups is 4. The Morgan fingerprint density at radius 3 is 1.31 bits per heavy atom. The summed E-state index contributed by atoms with van der Waals surface area (Å²) in [6, 6.07) is 49.8. The maximum absolute atomic E-state index is 13.3. The molecule has 0 aromatic heterocycles. The van der Waals surface area contributed by atoms with Gasteiger partial charge in [-0.1, -0.05) is 158 Å². The Morgan fingerprint density at radius 1 is 0.443 bits per heavy atom. The molecule has 8 N–H and O–H groups in total. The molecule has 2 aliphatic carbocycles. The summed E-state index contributed by atoms with van der Waals surface area (Å²) in [6.45, 7) is 6.09. The maximum atomic E-state index is 13.3. The molecule has 22 nitrogen and oxygen atoms in total. The Kier molecular flexibility index (Phi) is 21.0. The number of nitrogens with one attached hydrogen (secondary N) is 4. The number of fused-ring (bicyclic) bond motifs is 6. The first kappa shape index (κ1) is 63.9. The number of aliphatic hydroxyl groups excluding tert-OH is 4. The third-order valence-corrected chi connectivity index (χ3v) is 15.1. The smallest absolute Gasteiger partial charge is 0.407 e. The van der Waals surface area contributed by atoms with Gasteiger partial charge in [-0.15, -0.1) is 0 Å². The number of amides is 4. The Morgan fingerprint density at radius 2 is 0.830 bits per heavy atom. The number of esters is 2. The Balaban J connectivity index is 0.000000212. The second kappa shape index (κ2) is 29.0. The third kappa shape index (κ3) is 16.1. The summed E-state index contributed by atoms with van der Waals surface area (Å²) < 4.78 is 45.0. The molecule has 0 unspecified atom stereocenters. The van der Waals surface area contributed by atoms with Crippen LogP contribution >= 0.6 is 0 Å². The molecular weight excluding hydrogens is 1140 g/mol. The first-order valence-electron chi connectivity index (χ1n) is 28.8. The van der Waals surface area contributed by atoms with E-state index in [1.807, 2.05) is 103 Å². The molecule has 22 heteroatoms. The molecule has 2 saturated heterocycles. The average Bonchev–Trinajstić information content (AvgIpc) is 1.75. The number of carbonyl (C=O) groups excluding carboxylic acids is 6. The molecule has 0 spiro atoms. The molecule has 6 aromatic carbocycles. The average molecular weight is 1210 g/mol. The Hall–Kier alpha value is -8.58.